The minimum absolute atomic E-state index is 0.0627. The molecule has 0 bridgehead atoms. The molecule has 24 heavy (non-hydrogen) atoms. The van der Waals surface area contributed by atoms with Crippen molar-refractivity contribution in [2.75, 3.05) is 13.1 Å². The molecule has 2 heterocycles. The number of hydrogen-bond acceptors (Lipinski definition) is 3. The van der Waals surface area contributed by atoms with Gasteiger partial charge < -0.3 is 10.0 Å². The molecule has 0 saturated carbocycles. The maximum absolute atomic E-state index is 14.1. The maximum atomic E-state index is 14.1. The van der Waals surface area contributed by atoms with Crippen LogP contribution in [0.4, 0.5) is 4.39 Å². The second-order valence-electron chi connectivity index (χ2n) is 5.78. The highest BCUT2D eigenvalue weighted by Gasteiger charge is 2.47. The quantitative estimate of drug-likeness (QED) is 0.921. The average Bonchev–Trinajstić information content (AvgIpc) is 3.12. The molecule has 1 unspecified atom stereocenters. The SMILES string of the molecule is Cc1c(C(=O)N2CCC(F)(C(=O)O)C2)cnn1-c1ccc(Cl)cc1. The summed E-state index contributed by atoms with van der Waals surface area (Å²) in [6, 6.07) is 6.96. The molecular formula is C16H15ClFN3O3. The van der Waals surface area contributed by atoms with Crippen molar-refractivity contribution in [3.63, 3.8) is 0 Å². The summed E-state index contributed by atoms with van der Waals surface area (Å²) >= 11 is 5.86. The van der Waals surface area contributed by atoms with Crippen LogP contribution in [0.3, 0.4) is 0 Å². The Labute approximate surface area is 142 Å². The van der Waals surface area contributed by atoms with Crippen LogP contribution in [-0.2, 0) is 4.79 Å². The Hall–Kier alpha value is -2.41. The molecule has 1 fully saturated rings. The van der Waals surface area contributed by atoms with Crippen molar-refractivity contribution in [2.45, 2.75) is 19.0 Å². The number of carboxylic acid groups (broad SMARTS) is 1. The highest BCUT2D eigenvalue weighted by atomic mass is 35.5. The minimum Gasteiger partial charge on any atom is -0.479 e. The van der Waals surface area contributed by atoms with Crippen LogP contribution in [-0.4, -0.2) is 50.4 Å². The van der Waals surface area contributed by atoms with E-state index in [0.29, 0.717) is 16.3 Å². The lowest BCUT2D eigenvalue weighted by Gasteiger charge is -2.17. The third kappa shape index (κ3) is 2.75. The summed E-state index contributed by atoms with van der Waals surface area (Å²) in [5, 5.41) is 13.7. The molecular weight excluding hydrogens is 337 g/mol. The Morgan fingerprint density at radius 2 is 2.00 bits per heavy atom. The third-order valence-corrected chi connectivity index (χ3v) is 4.45. The number of halogens is 2. The molecule has 126 valence electrons. The van der Waals surface area contributed by atoms with Crippen LogP contribution in [0, 0.1) is 6.92 Å². The van der Waals surface area contributed by atoms with Gasteiger partial charge in [-0.3, -0.25) is 4.79 Å². The number of amides is 1. The summed E-state index contributed by atoms with van der Waals surface area (Å²) in [7, 11) is 0. The highest BCUT2D eigenvalue weighted by molar-refractivity contribution is 6.30. The lowest BCUT2D eigenvalue weighted by molar-refractivity contribution is -0.149. The third-order valence-electron chi connectivity index (χ3n) is 4.20. The second-order valence-corrected chi connectivity index (χ2v) is 6.22. The molecule has 1 aromatic heterocycles. The molecule has 0 aliphatic carbocycles. The Bertz CT molecular complexity index is 805. The summed E-state index contributed by atoms with van der Waals surface area (Å²) in [4.78, 5) is 24.8. The van der Waals surface area contributed by atoms with Gasteiger partial charge >= 0.3 is 5.97 Å². The molecule has 1 N–H and O–H groups in total. The highest BCUT2D eigenvalue weighted by Crippen LogP contribution is 2.28. The molecule has 6 nitrogen and oxygen atoms in total. The zero-order chi connectivity index (χ0) is 17.5. The summed E-state index contributed by atoms with van der Waals surface area (Å²) in [6.07, 6.45) is 1.20. The molecule has 2 aromatic rings. The minimum atomic E-state index is -2.38. The number of nitrogens with zero attached hydrogens (tertiary/aromatic N) is 3. The van der Waals surface area contributed by atoms with E-state index in [0.717, 1.165) is 5.69 Å². The molecule has 1 aliphatic heterocycles. The molecule has 1 aliphatic rings. The number of hydrogen-bond donors (Lipinski definition) is 1. The number of aromatic nitrogens is 2. The van der Waals surface area contributed by atoms with E-state index in [1.807, 2.05) is 0 Å². The zero-order valence-electron chi connectivity index (χ0n) is 12.9. The average molecular weight is 352 g/mol. The van der Waals surface area contributed by atoms with E-state index in [9.17, 15) is 14.0 Å². The number of benzene rings is 1. The maximum Gasteiger partial charge on any atom is 0.343 e. The lowest BCUT2D eigenvalue weighted by atomic mass is 10.1. The monoisotopic (exact) mass is 351 g/mol. The van der Waals surface area contributed by atoms with Crippen LogP contribution in [0.2, 0.25) is 5.02 Å². The van der Waals surface area contributed by atoms with Gasteiger partial charge in [-0.25, -0.2) is 13.9 Å². The normalized spacial score (nSPS) is 20.4. The predicted octanol–water partition coefficient (Wildman–Crippen LogP) is 2.47. The first-order chi connectivity index (χ1) is 11.3. The second kappa shape index (κ2) is 5.90. The van der Waals surface area contributed by atoms with Crippen molar-refractivity contribution in [1.82, 2.24) is 14.7 Å². The van der Waals surface area contributed by atoms with Crippen LogP contribution >= 0.6 is 11.6 Å². The van der Waals surface area contributed by atoms with Gasteiger partial charge in [-0.15, -0.1) is 0 Å². The van der Waals surface area contributed by atoms with Crippen LogP contribution in [0.5, 0.6) is 0 Å². The summed E-state index contributed by atoms with van der Waals surface area (Å²) in [5.41, 5.74) is -0.730. The van der Waals surface area contributed by atoms with Crippen molar-refractivity contribution in [1.29, 1.82) is 0 Å². The number of carbonyl (C=O) groups excluding carboxylic acids is 1. The van der Waals surface area contributed by atoms with E-state index in [-0.39, 0.29) is 13.0 Å². The van der Waals surface area contributed by atoms with Gasteiger partial charge in [-0.2, -0.15) is 5.10 Å². The molecule has 0 spiro atoms. The predicted molar refractivity (Wildman–Crippen MR) is 85.3 cm³/mol. The van der Waals surface area contributed by atoms with Gasteiger partial charge in [-0.05, 0) is 31.2 Å². The van der Waals surface area contributed by atoms with Crippen LogP contribution < -0.4 is 0 Å². The fourth-order valence-corrected chi connectivity index (χ4v) is 2.88. The number of rotatable bonds is 3. The first-order valence-electron chi connectivity index (χ1n) is 7.34. The number of aliphatic carboxylic acids is 1. The van der Waals surface area contributed by atoms with Crippen LogP contribution in [0.25, 0.3) is 5.69 Å². The molecule has 1 atom stereocenters. The summed E-state index contributed by atoms with van der Waals surface area (Å²) < 4.78 is 15.7. The van der Waals surface area contributed by atoms with Gasteiger partial charge in [0.25, 0.3) is 5.91 Å². The van der Waals surface area contributed by atoms with Gasteiger partial charge in [-0.1, -0.05) is 11.6 Å². The Morgan fingerprint density at radius 1 is 1.33 bits per heavy atom. The lowest BCUT2D eigenvalue weighted by Crippen LogP contribution is -2.39. The largest absolute Gasteiger partial charge is 0.479 e. The molecule has 0 radical (unpaired) electrons. The number of carbonyl (C=O) groups is 2. The van der Waals surface area contributed by atoms with Gasteiger partial charge in [0.1, 0.15) is 0 Å². The standard InChI is InChI=1S/C16H15ClFN3O3/c1-10-13(8-19-21(10)12-4-2-11(17)3-5-12)14(22)20-7-6-16(18,9-20)15(23)24/h2-5,8H,6-7,9H2,1H3,(H,23,24). The van der Waals surface area contributed by atoms with Gasteiger partial charge in [0.2, 0.25) is 5.67 Å². The van der Waals surface area contributed by atoms with E-state index in [2.05, 4.69) is 5.10 Å². The first-order valence-corrected chi connectivity index (χ1v) is 7.72. The van der Waals surface area contributed by atoms with E-state index in [1.54, 1.807) is 35.9 Å². The number of carboxylic acids is 1. The van der Waals surface area contributed by atoms with Crippen molar-refractivity contribution >= 4 is 23.5 Å². The van der Waals surface area contributed by atoms with E-state index in [4.69, 9.17) is 16.7 Å². The van der Waals surface area contributed by atoms with E-state index < -0.39 is 24.1 Å². The van der Waals surface area contributed by atoms with Gasteiger partial charge in [0.05, 0.1) is 29.7 Å². The Balaban J connectivity index is 1.85. The number of likely N-dealkylation sites (tertiary alicyclic amines) is 1. The molecule has 1 saturated heterocycles. The van der Waals surface area contributed by atoms with Gasteiger partial charge in [0, 0.05) is 18.0 Å². The van der Waals surface area contributed by atoms with Crippen molar-refractivity contribution < 1.29 is 19.1 Å². The molecule has 1 amide bonds. The van der Waals surface area contributed by atoms with E-state index in [1.165, 1.54) is 11.1 Å². The Morgan fingerprint density at radius 3 is 2.58 bits per heavy atom. The first kappa shape index (κ1) is 16.4. The summed E-state index contributed by atoms with van der Waals surface area (Å²) in [6.45, 7) is 1.34. The molecule has 8 heteroatoms. The topological polar surface area (TPSA) is 75.4 Å². The van der Waals surface area contributed by atoms with Crippen molar-refractivity contribution in [3.8, 4) is 5.69 Å². The smallest absolute Gasteiger partial charge is 0.343 e. The Kier molecular flexibility index (Phi) is 4.04. The van der Waals surface area contributed by atoms with Crippen LogP contribution in [0.15, 0.2) is 30.5 Å². The molecule has 3 rings (SSSR count). The zero-order valence-corrected chi connectivity index (χ0v) is 13.6. The summed E-state index contributed by atoms with van der Waals surface area (Å²) in [5.74, 6) is -1.96. The van der Waals surface area contributed by atoms with Crippen molar-refractivity contribution in [2.24, 2.45) is 0 Å². The van der Waals surface area contributed by atoms with Gasteiger partial charge in [0.15, 0.2) is 0 Å². The molecule has 1 aromatic carbocycles. The van der Waals surface area contributed by atoms with E-state index >= 15 is 0 Å². The fraction of sp³-hybridized carbons (Fsp3) is 0.312. The fourth-order valence-electron chi connectivity index (χ4n) is 2.75. The van der Waals surface area contributed by atoms with Crippen LogP contribution in [0.1, 0.15) is 22.5 Å². The number of alkyl halides is 1. The van der Waals surface area contributed by atoms with Crippen molar-refractivity contribution in [3.05, 3.63) is 46.7 Å².